The van der Waals surface area contributed by atoms with Crippen LogP contribution < -0.4 is 11.1 Å². The fourth-order valence-corrected chi connectivity index (χ4v) is 4.46. The Hall–Kier alpha value is -2.50. The molecule has 2 heterocycles. The third kappa shape index (κ3) is 5.59. The average molecular weight is 532 g/mol. The Bertz CT molecular complexity index is 1320. The van der Waals surface area contributed by atoms with Gasteiger partial charge in [0.15, 0.2) is 0 Å². The average Bonchev–Trinajstić information content (AvgIpc) is 3.03. The normalized spacial score (nSPS) is 11.8. The number of benzene rings is 1. The largest absolute Gasteiger partial charge is 0.354 e. The Morgan fingerprint density at radius 1 is 1.24 bits per heavy atom. The molecule has 186 valence electrons. The molecule has 34 heavy (non-hydrogen) atoms. The van der Waals surface area contributed by atoms with E-state index >= 15 is 0 Å². The quantitative estimate of drug-likeness (QED) is 0.486. The number of hydrogen-bond acceptors (Lipinski definition) is 5. The summed E-state index contributed by atoms with van der Waals surface area (Å²) < 4.78 is 42.5. The minimum atomic E-state index is -3.66. The summed E-state index contributed by atoms with van der Waals surface area (Å²) in [6, 6.07) is 9.76. The molecular weight excluding hydrogens is 504 g/mol. The number of carbonyl (C=O) groups excluding carboxylic acids is 1. The lowest BCUT2D eigenvalue weighted by Crippen LogP contribution is -2.22. The van der Waals surface area contributed by atoms with Crippen molar-refractivity contribution in [2.75, 3.05) is 27.7 Å². The molecule has 3 N–H and O–H groups in total. The highest BCUT2D eigenvalue weighted by molar-refractivity contribution is 7.89. The van der Waals surface area contributed by atoms with E-state index in [4.69, 9.17) is 5.73 Å². The monoisotopic (exact) mass is 531 g/mol. The van der Waals surface area contributed by atoms with Crippen molar-refractivity contribution in [3.8, 4) is 11.1 Å². The maximum Gasteiger partial charge on any atom is 0.269 e. The van der Waals surface area contributed by atoms with Gasteiger partial charge in [0.2, 0.25) is 10.0 Å². The lowest BCUT2D eigenvalue weighted by atomic mass is 10.0. The Labute approximate surface area is 210 Å². The molecule has 0 unspecified atom stereocenters. The first-order valence-corrected chi connectivity index (χ1v) is 11.3. The molecule has 0 aliphatic heterocycles. The lowest BCUT2D eigenvalue weighted by Gasteiger charge is -2.12. The number of nitrogens with zero attached hydrogens (tertiary/aromatic N) is 3. The van der Waals surface area contributed by atoms with E-state index in [2.05, 4.69) is 10.3 Å². The molecule has 3 rings (SSSR count). The Balaban J connectivity index is 0.00000289. The van der Waals surface area contributed by atoms with Crippen LogP contribution in [-0.2, 0) is 16.6 Å². The molecule has 12 heteroatoms. The molecule has 0 atom stereocenters. The van der Waals surface area contributed by atoms with Crippen molar-refractivity contribution in [1.29, 1.82) is 0 Å². The van der Waals surface area contributed by atoms with Crippen molar-refractivity contribution in [2.24, 2.45) is 5.73 Å². The molecular formula is C22H28Cl2FN5O3S. The summed E-state index contributed by atoms with van der Waals surface area (Å²) in [5.74, 6) is -0.764. The van der Waals surface area contributed by atoms with Crippen LogP contribution in [0.5, 0.6) is 0 Å². The molecule has 0 aliphatic rings. The van der Waals surface area contributed by atoms with Gasteiger partial charge in [-0.25, -0.2) is 22.1 Å². The van der Waals surface area contributed by atoms with E-state index in [-0.39, 0.29) is 54.4 Å². The molecule has 0 fully saturated rings. The summed E-state index contributed by atoms with van der Waals surface area (Å²) in [7, 11) is 0.771. The Kier molecular flexibility index (Phi) is 10.2. The maximum atomic E-state index is 14.4. The number of amides is 1. The standard InChI is InChI=1S/C22H26FN5O3S.2ClH/c1-14-20(15-6-5-7-17(12-15)32(30,31)27(3)4)21-19(28(14)13-16(23)10-11-24)9-8-18(26-21)22(29)25-2;;/h5-10,12H,11,13,24H2,1-4H3,(H,25,29);2*1H. The third-order valence-corrected chi connectivity index (χ3v) is 6.99. The van der Waals surface area contributed by atoms with Crippen molar-refractivity contribution < 1.29 is 17.6 Å². The van der Waals surface area contributed by atoms with Gasteiger partial charge in [0, 0.05) is 38.9 Å². The Morgan fingerprint density at radius 3 is 2.50 bits per heavy atom. The van der Waals surface area contributed by atoms with Crippen LogP contribution in [0.25, 0.3) is 22.2 Å². The number of nitrogens with one attached hydrogen (secondary N) is 1. The second-order valence-corrected chi connectivity index (χ2v) is 9.54. The summed E-state index contributed by atoms with van der Waals surface area (Å²) in [5.41, 5.74) is 8.64. The molecule has 0 radical (unpaired) electrons. The number of pyridine rings is 1. The van der Waals surface area contributed by atoms with Crippen LogP contribution in [0.1, 0.15) is 16.2 Å². The number of sulfonamides is 1. The number of fused-ring (bicyclic) bond motifs is 1. The van der Waals surface area contributed by atoms with Crippen molar-refractivity contribution in [3.63, 3.8) is 0 Å². The third-order valence-electron chi connectivity index (χ3n) is 5.18. The Morgan fingerprint density at radius 2 is 1.91 bits per heavy atom. The molecule has 0 saturated carbocycles. The second-order valence-electron chi connectivity index (χ2n) is 7.39. The second kappa shape index (κ2) is 11.8. The molecule has 0 aliphatic carbocycles. The first-order chi connectivity index (χ1) is 15.1. The smallest absolute Gasteiger partial charge is 0.269 e. The predicted octanol–water partition coefficient (Wildman–Crippen LogP) is 3.28. The van der Waals surface area contributed by atoms with Gasteiger partial charge in [-0.15, -0.1) is 24.8 Å². The highest BCUT2D eigenvalue weighted by Crippen LogP contribution is 2.35. The van der Waals surface area contributed by atoms with Gasteiger partial charge in [0.25, 0.3) is 5.91 Å². The van der Waals surface area contributed by atoms with Gasteiger partial charge in [-0.1, -0.05) is 12.1 Å². The van der Waals surface area contributed by atoms with Gasteiger partial charge in [0.1, 0.15) is 11.5 Å². The van der Waals surface area contributed by atoms with Gasteiger partial charge in [-0.2, -0.15) is 0 Å². The highest BCUT2D eigenvalue weighted by atomic mass is 35.5. The zero-order valence-corrected chi connectivity index (χ0v) is 21.7. The van der Waals surface area contributed by atoms with E-state index in [1.54, 1.807) is 41.8 Å². The van der Waals surface area contributed by atoms with E-state index in [1.807, 2.05) is 0 Å². The van der Waals surface area contributed by atoms with Gasteiger partial charge in [-0.3, -0.25) is 4.79 Å². The first-order valence-electron chi connectivity index (χ1n) is 9.91. The summed E-state index contributed by atoms with van der Waals surface area (Å²) in [4.78, 5) is 16.8. The summed E-state index contributed by atoms with van der Waals surface area (Å²) in [6.07, 6.45) is 1.29. The number of carbonyl (C=O) groups is 1. The van der Waals surface area contributed by atoms with Crippen LogP contribution >= 0.6 is 24.8 Å². The lowest BCUT2D eigenvalue weighted by molar-refractivity contribution is 0.0958. The van der Waals surface area contributed by atoms with Crippen molar-refractivity contribution in [2.45, 2.75) is 18.4 Å². The zero-order chi connectivity index (χ0) is 23.6. The van der Waals surface area contributed by atoms with Crippen molar-refractivity contribution in [3.05, 3.63) is 59.7 Å². The predicted molar refractivity (Wildman–Crippen MR) is 137 cm³/mol. The molecule has 2 aromatic heterocycles. The number of aromatic nitrogens is 2. The molecule has 0 saturated heterocycles. The van der Waals surface area contributed by atoms with Gasteiger partial charge < -0.3 is 15.6 Å². The summed E-state index contributed by atoms with van der Waals surface area (Å²) in [6.45, 7) is 1.82. The van der Waals surface area contributed by atoms with Crippen molar-refractivity contribution >= 4 is 51.8 Å². The minimum absolute atomic E-state index is 0. The van der Waals surface area contributed by atoms with Crippen LogP contribution in [0.3, 0.4) is 0 Å². The van der Waals surface area contributed by atoms with Gasteiger partial charge in [0.05, 0.1) is 22.5 Å². The molecule has 1 aromatic carbocycles. The first kappa shape index (κ1) is 29.5. The molecule has 0 spiro atoms. The SMILES string of the molecule is CNC(=O)c1ccc2c(n1)c(-c1cccc(S(=O)(=O)N(C)C)c1)c(C)n2CC(F)=CCN.Cl.Cl. The van der Waals surface area contributed by atoms with Crippen LogP contribution in [0.4, 0.5) is 4.39 Å². The van der Waals surface area contributed by atoms with Gasteiger partial charge >= 0.3 is 0 Å². The summed E-state index contributed by atoms with van der Waals surface area (Å²) >= 11 is 0. The van der Waals surface area contributed by atoms with Gasteiger partial charge in [-0.05, 0) is 42.8 Å². The topological polar surface area (TPSA) is 110 Å². The van der Waals surface area contributed by atoms with E-state index in [9.17, 15) is 17.6 Å². The number of rotatable bonds is 7. The number of allylic oxidation sites excluding steroid dienone is 1. The fraction of sp³-hybridized carbons (Fsp3) is 0.273. The van der Waals surface area contributed by atoms with E-state index < -0.39 is 15.9 Å². The maximum absolute atomic E-state index is 14.4. The number of nitrogens with two attached hydrogens (primary N) is 1. The van der Waals surface area contributed by atoms with E-state index in [0.717, 1.165) is 4.31 Å². The summed E-state index contributed by atoms with van der Waals surface area (Å²) in [5, 5.41) is 2.54. The molecule has 0 bridgehead atoms. The van der Waals surface area contributed by atoms with Crippen molar-refractivity contribution in [1.82, 2.24) is 19.2 Å². The van der Waals surface area contributed by atoms with Crippen LogP contribution in [0.2, 0.25) is 0 Å². The number of hydrogen-bond donors (Lipinski definition) is 2. The highest BCUT2D eigenvalue weighted by Gasteiger charge is 2.22. The van der Waals surface area contributed by atoms with E-state index in [0.29, 0.717) is 27.9 Å². The molecule has 1 amide bonds. The zero-order valence-electron chi connectivity index (χ0n) is 19.2. The van der Waals surface area contributed by atoms with Crippen LogP contribution in [-0.4, -0.2) is 55.9 Å². The number of halogens is 3. The van der Waals surface area contributed by atoms with Crippen LogP contribution in [0.15, 0.2) is 53.2 Å². The molecule has 3 aromatic rings. The fourth-order valence-electron chi connectivity index (χ4n) is 3.51. The van der Waals surface area contributed by atoms with Crippen LogP contribution in [0, 0.1) is 6.92 Å². The van der Waals surface area contributed by atoms with E-state index in [1.165, 1.54) is 33.3 Å². The minimum Gasteiger partial charge on any atom is -0.354 e. The molecule has 8 nitrogen and oxygen atoms in total.